The lowest BCUT2D eigenvalue weighted by Gasteiger charge is -2.12. The highest BCUT2D eigenvalue weighted by Gasteiger charge is 2.26. The van der Waals surface area contributed by atoms with Crippen molar-refractivity contribution < 1.29 is 13.2 Å². The number of hydrazone groups is 1. The summed E-state index contributed by atoms with van der Waals surface area (Å²) in [5.41, 5.74) is 7.98. The lowest BCUT2D eigenvalue weighted by molar-refractivity contribution is 0.414. The summed E-state index contributed by atoms with van der Waals surface area (Å²) in [6.07, 6.45) is 1.37. The van der Waals surface area contributed by atoms with Crippen LogP contribution in [0.25, 0.3) is 11.4 Å². The van der Waals surface area contributed by atoms with Crippen LogP contribution < -0.4 is 16.3 Å². The Morgan fingerprint density at radius 2 is 1.83 bits per heavy atom. The average Bonchev–Trinajstić information content (AvgIpc) is 3.28. The zero-order valence-electron chi connectivity index (χ0n) is 15.8. The van der Waals surface area contributed by atoms with Gasteiger partial charge in [0.25, 0.3) is 10.0 Å². The zero-order valence-corrected chi connectivity index (χ0v) is 18.2. The minimum atomic E-state index is -3.97. The molecule has 0 unspecified atom stereocenters. The number of methoxy groups -OCH3 is 1. The number of H-pyrrole nitrogens is 1. The second-order valence-electron chi connectivity index (χ2n) is 6.32. The Kier molecular flexibility index (Phi) is 5.57. The number of nitrogens with two attached hydrogens (primary N) is 2. The van der Waals surface area contributed by atoms with Crippen molar-refractivity contribution in [1.29, 1.82) is 0 Å². The van der Waals surface area contributed by atoms with E-state index in [0.29, 0.717) is 33.3 Å². The molecular weight excluding hydrogens is 437 g/mol. The van der Waals surface area contributed by atoms with Crippen LogP contribution in [-0.2, 0) is 10.0 Å². The molecule has 0 aliphatic carbocycles. The minimum absolute atomic E-state index is 0.00543. The van der Waals surface area contributed by atoms with Crippen LogP contribution in [-0.4, -0.2) is 30.3 Å². The summed E-state index contributed by atoms with van der Waals surface area (Å²) < 4.78 is 33.1. The minimum Gasteiger partial charge on any atom is -0.494 e. The first-order chi connectivity index (χ1) is 13.6. The van der Waals surface area contributed by atoms with E-state index in [0.717, 1.165) is 3.97 Å². The number of nitrogens with one attached hydrogen (secondary N) is 1. The second kappa shape index (κ2) is 7.66. The highest BCUT2D eigenvalue weighted by Crippen LogP contribution is 2.35. The van der Waals surface area contributed by atoms with Crippen LogP contribution in [0, 0.1) is 13.8 Å². The summed E-state index contributed by atoms with van der Waals surface area (Å²) in [7, 11) is -2.53. The lowest BCUT2D eigenvalue weighted by atomic mass is 10.2. The SMILES string of the molecule is COc1cc(-c2c(Cl)ccn2S(=O)(=O)c2cc(C)c(Cl)c(C)c2)[nH]c1C(N)=NN. The molecule has 1 aromatic carbocycles. The Morgan fingerprint density at radius 3 is 2.38 bits per heavy atom. The van der Waals surface area contributed by atoms with E-state index in [1.54, 1.807) is 19.9 Å². The van der Waals surface area contributed by atoms with Crippen LogP contribution >= 0.6 is 23.2 Å². The van der Waals surface area contributed by atoms with E-state index in [-0.39, 0.29) is 21.4 Å². The van der Waals surface area contributed by atoms with Crippen LogP contribution in [0.3, 0.4) is 0 Å². The number of aromatic amines is 1. The number of ether oxygens (including phenoxy) is 1. The molecule has 0 bridgehead atoms. The fourth-order valence-corrected chi connectivity index (χ4v) is 4.93. The van der Waals surface area contributed by atoms with E-state index in [9.17, 15) is 8.42 Å². The molecule has 8 nitrogen and oxygen atoms in total. The molecular formula is C18H19Cl2N5O3S. The Labute approximate surface area is 178 Å². The summed E-state index contributed by atoms with van der Waals surface area (Å²) in [4.78, 5) is 3.06. The zero-order chi connectivity index (χ0) is 21.5. The predicted molar refractivity (Wildman–Crippen MR) is 114 cm³/mol. The summed E-state index contributed by atoms with van der Waals surface area (Å²) >= 11 is 12.5. The van der Waals surface area contributed by atoms with Crippen molar-refractivity contribution in [3.05, 3.63) is 57.3 Å². The van der Waals surface area contributed by atoms with E-state index in [4.69, 9.17) is 39.5 Å². The molecule has 0 aliphatic rings. The van der Waals surface area contributed by atoms with E-state index < -0.39 is 10.0 Å². The van der Waals surface area contributed by atoms with E-state index in [2.05, 4.69) is 10.1 Å². The van der Waals surface area contributed by atoms with Crippen molar-refractivity contribution in [3.63, 3.8) is 0 Å². The average molecular weight is 456 g/mol. The van der Waals surface area contributed by atoms with Gasteiger partial charge in [-0.3, -0.25) is 0 Å². The molecule has 0 radical (unpaired) electrons. The first-order valence-electron chi connectivity index (χ1n) is 8.32. The molecule has 154 valence electrons. The Hall–Kier alpha value is -2.62. The van der Waals surface area contributed by atoms with Gasteiger partial charge in [0.2, 0.25) is 0 Å². The van der Waals surface area contributed by atoms with Gasteiger partial charge in [0.15, 0.2) is 5.84 Å². The van der Waals surface area contributed by atoms with Gasteiger partial charge in [-0.2, -0.15) is 5.10 Å². The first-order valence-corrected chi connectivity index (χ1v) is 10.5. The summed E-state index contributed by atoms with van der Waals surface area (Å²) in [5.74, 6) is 5.58. The third kappa shape index (κ3) is 3.57. The quantitative estimate of drug-likeness (QED) is 0.235. The van der Waals surface area contributed by atoms with Crippen LogP contribution in [0.4, 0.5) is 0 Å². The molecule has 3 rings (SSSR count). The van der Waals surface area contributed by atoms with Crippen molar-refractivity contribution in [3.8, 4) is 17.1 Å². The largest absolute Gasteiger partial charge is 0.494 e. The van der Waals surface area contributed by atoms with Gasteiger partial charge in [-0.25, -0.2) is 12.4 Å². The number of hydrogen-bond acceptors (Lipinski definition) is 5. The number of aryl methyl sites for hydroxylation is 2. The number of amidine groups is 1. The topological polar surface area (TPSA) is 128 Å². The molecule has 3 aromatic rings. The molecule has 29 heavy (non-hydrogen) atoms. The molecule has 0 atom stereocenters. The maximum Gasteiger partial charge on any atom is 0.268 e. The van der Waals surface area contributed by atoms with Gasteiger partial charge in [0.1, 0.15) is 11.4 Å². The highest BCUT2D eigenvalue weighted by atomic mass is 35.5. The fourth-order valence-electron chi connectivity index (χ4n) is 2.99. The van der Waals surface area contributed by atoms with Gasteiger partial charge in [-0.15, -0.1) is 0 Å². The number of aromatic nitrogens is 2. The molecule has 0 fully saturated rings. The predicted octanol–water partition coefficient (Wildman–Crippen LogP) is 3.23. The molecule has 11 heteroatoms. The van der Waals surface area contributed by atoms with Crippen molar-refractivity contribution in [2.24, 2.45) is 16.7 Å². The summed E-state index contributed by atoms with van der Waals surface area (Å²) in [5, 5.41) is 4.18. The van der Waals surface area contributed by atoms with Crippen molar-refractivity contribution in [2.75, 3.05) is 7.11 Å². The van der Waals surface area contributed by atoms with E-state index >= 15 is 0 Å². The number of benzene rings is 1. The van der Waals surface area contributed by atoms with Crippen LogP contribution in [0.15, 0.2) is 40.5 Å². The third-order valence-corrected chi connectivity index (χ3v) is 6.98. The van der Waals surface area contributed by atoms with Gasteiger partial charge in [0, 0.05) is 17.3 Å². The second-order valence-corrected chi connectivity index (χ2v) is 8.93. The molecule has 0 spiro atoms. The third-order valence-electron chi connectivity index (χ3n) is 4.42. The standard InChI is InChI=1S/C18H19Cl2N5O3S/c1-9-6-11(7-10(2)15(9)20)29(26,27)25-5-4-12(19)17(25)13-8-14(28-3)16(23-13)18(21)24-22/h4-8,23H,22H2,1-3H3,(H2,21,24). The van der Waals surface area contributed by atoms with Crippen molar-refractivity contribution >= 4 is 39.1 Å². The molecule has 2 aromatic heterocycles. The van der Waals surface area contributed by atoms with Crippen molar-refractivity contribution in [2.45, 2.75) is 18.7 Å². The molecule has 0 aliphatic heterocycles. The van der Waals surface area contributed by atoms with Crippen molar-refractivity contribution in [1.82, 2.24) is 8.96 Å². The number of rotatable bonds is 5. The summed E-state index contributed by atoms with van der Waals surface area (Å²) in [6, 6.07) is 6.08. The summed E-state index contributed by atoms with van der Waals surface area (Å²) in [6.45, 7) is 3.49. The number of halogens is 2. The smallest absolute Gasteiger partial charge is 0.268 e. The molecule has 0 amide bonds. The fraction of sp³-hybridized carbons (Fsp3) is 0.167. The Balaban J connectivity index is 2.23. The van der Waals surface area contributed by atoms with Crippen LogP contribution in [0.5, 0.6) is 5.75 Å². The molecule has 5 N–H and O–H groups in total. The van der Waals surface area contributed by atoms with Gasteiger partial charge in [-0.1, -0.05) is 23.2 Å². The molecule has 0 saturated heterocycles. The van der Waals surface area contributed by atoms with Gasteiger partial charge in [-0.05, 0) is 43.2 Å². The molecule has 0 saturated carbocycles. The first kappa shape index (κ1) is 21.1. The van der Waals surface area contributed by atoms with Gasteiger partial charge in [0.05, 0.1) is 28.4 Å². The maximum atomic E-state index is 13.4. The Bertz CT molecular complexity index is 1210. The number of nitrogens with zero attached hydrogens (tertiary/aromatic N) is 2. The van der Waals surface area contributed by atoms with Crippen LogP contribution in [0.1, 0.15) is 16.8 Å². The molecule has 2 heterocycles. The normalized spacial score (nSPS) is 12.4. The highest BCUT2D eigenvalue weighted by molar-refractivity contribution is 7.90. The van der Waals surface area contributed by atoms with Gasteiger partial charge >= 0.3 is 0 Å². The van der Waals surface area contributed by atoms with E-state index in [1.165, 1.54) is 31.5 Å². The van der Waals surface area contributed by atoms with Crippen LogP contribution in [0.2, 0.25) is 10.0 Å². The Morgan fingerprint density at radius 1 is 1.21 bits per heavy atom. The maximum absolute atomic E-state index is 13.4. The lowest BCUT2D eigenvalue weighted by Crippen LogP contribution is -2.17. The number of hydrogen-bond donors (Lipinski definition) is 3. The van der Waals surface area contributed by atoms with Gasteiger partial charge < -0.3 is 21.3 Å². The monoisotopic (exact) mass is 455 g/mol. The van der Waals surface area contributed by atoms with E-state index in [1.807, 2.05) is 0 Å².